The predicted octanol–water partition coefficient (Wildman–Crippen LogP) is 6.89. The maximum atomic E-state index is 6.07. The Morgan fingerprint density at radius 3 is 2.82 bits per heavy atom. The van der Waals surface area contributed by atoms with E-state index in [0.29, 0.717) is 0 Å². The Morgan fingerprint density at radius 1 is 1.18 bits per heavy atom. The van der Waals surface area contributed by atoms with Crippen molar-refractivity contribution in [3.63, 3.8) is 0 Å². The molecule has 3 rings (SSSR count). The maximum absolute atomic E-state index is 6.07. The summed E-state index contributed by atoms with van der Waals surface area (Å²) in [5, 5.41) is 4.54. The van der Waals surface area contributed by atoms with E-state index in [1.807, 2.05) is 23.1 Å². The zero-order valence-corrected chi connectivity index (χ0v) is 17.7. The van der Waals surface area contributed by atoms with E-state index in [-0.39, 0.29) is 0 Å². The molecular formula is C25H34N2O. The van der Waals surface area contributed by atoms with E-state index in [1.165, 1.54) is 31.3 Å². The van der Waals surface area contributed by atoms with Crippen molar-refractivity contribution in [3.8, 4) is 16.9 Å². The summed E-state index contributed by atoms with van der Waals surface area (Å²) in [5.41, 5.74) is 4.59. The van der Waals surface area contributed by atoms with Crippen LogP contribution in [0.25, 0.3) is 17.3 Å². The first-order chi connectivity index (χ1) is 13.5. The number of rotatable bonds is 1. The first-order valence-electron chi connectivity index (χ1n) is 10.7. The van der Waals surface area contributed by atoms with Crippen molar-refractivity contribution in [2.45, 2.75) is 59.3 Å². The summed E-state index contributed by atoms with van der Waals surface area (Å²) >= 11 is 0. The lowest BCUT2D eigenvalue weighted by Crippen LogP contribution is -2.11. The Balaban J connectivity index is 1.82. The average Bonchev–Trinajstić information content (AvgIpc) is 3.04. The van der Waals surface area contributed by atoms with Crippen LogP contribution in [-0.4, -0.2) is 16.4 Å². The fraction of sp³-hybridized carbons (Fsp3) is 0.480. The van der Waals surface area contributed by atoms with Crippen molar-refractivity contribution in [1.29, 1.82) is 0 Å². The summed E-state index contributed by atoms with van der Waals surface area (Å²) in [5.74, 6) is 2.45. The Morgan fingerprint density at radius 2 is 2.00 bits per heavy atom. The predicted molar refractivity (Wildman–Crippen MR) is 118 cm³/mol. The number of hydrogen-bond donors (Lipinski definition) is 0. The van der Waals surface area contributed by atoms with E-state index in [0.717, 1.165) is 53.9 Å². The molecule has 3 heteroatoms. The van der Waals surface area contributed by atoms with Crippen LogP contribution < -0.4 is 4.74 Å². The van der Waals surface area contributed by atoms with Gasteiger partial charge in [-0.25, -0.2) is 4.68 Å². The van der Waals surface area contributed by atoms with Gasteiger partial charge in [0.05, 0.1) is 12.8 Å². The number of allylic oxidation sites excluding steroid dienone is 2. The summed E-state index contributed by atoms with van der Waals surface area (Å²) in [6.45, 7) is 11.8. The SMILES string of the molecule is C=C1/C=C\n2ncc(c2C)-c2cccc(c2)OCCCC(C(C)C)CCCC1. The van der Waals surface area contributed by atoms with Crippen LogP contribution in [0.5, 0.6) is 5.75 Å². The van der Waals surface area contributed by atoms with Gasteiger partial charge in [-0.2, -0.15) is 5.10 Å². The molecule has 1 atom stereocenters. The van der Waals surface area contributed by atoms with E-state index < -0.39 is 0 Å². The second-order valence-electron chi connectivity index (χ2n) is 8.33. The van der Waals surface area contributed by atoms with Crippen molar-refractivity contribution in [2.75, 3.05) is 6.61 Å². The zero-order chi connectivity index (χ0) is 19.9. The Hall–Kier alpha value is -2.29. The summed E-state index contributed by atoms with van der Waals surface area (Å²) in [4.78, 5) is 0. The molecule has 1 aromatic heterocycles. The van der Waals surface area contributed by atoms with Gasteiger partial charge in [0.1, 0.15) is 5.75 Å². The Kier molecular flexibility index (Phi) is 7.13. The topological polar surface area (TPSA) is 27.1 Å². The zero-order valence-electron chi connectivity index (χ0n) is 17.7. The van der Waals surface area contributed by atoms with Crippen LogP contribution in [0, 0.1) is 18.8 Å². The van der Waals surface area contributed by atoms with Gasteiger partial charge in [-0.3, -0.25) is 0 Å². The fourth-order valence-electron chi connectivity index (χ4n) is 3.97. The van der Waals surface area contributed by atoms with Crippen molar-refractivity contribution in [2.24, 2.45) is 11.8 Å². The second kappa shape index (κ2) is 9.77. The van der Waals surface area contributed by atoms with Crippen LogP contribution in [0.2, 0.25) is 0 Å². The van der Waals surface area contributed by atoms with E-state index in [1.54, 1.807) is 0 Å². The van der Waals surface area contributed by atoms with Gasteiger partial charge < -0.3 is 4.74 Å². The molecule has 0 N–H and O–H groups in total. The highest BCUT2D eigenvalue weighted by molar-refractivity contribution is 5.67. The van der Waals surface area contributed by atoms with E-state index >= 15 is 0 Å². The first kappa shape index (κ1) is 20.4. The van der Waals surface area contributed by atoms with E-state index in [2.05, 4.69) is 56.7 Å². The number of ether oxygens (including phenoxy) is 1. The van der Waals surface area contributed by atoms with E-state index in [4.69, 9.17) is 4.74 Å². The van der Waals surface area contributed by atoms with Crippen molar-refractivity contribution in [1.82, 2.24) is 9.78 Å². The molecule has 1 aliphatic rings. The smallest absolute Gasteiger partial charge is 0.119 e. The Labute approximate surface area is 170 Å². The van der Waals surface area contributed by atoms with Crippen molar-refractivity contribution >= 4 is 6.20 Å². The fourth-order valence-corrected chi connectivity index (χ4v) is 3.97. The third kappa shape index (κ3) is 5.37. The third-order valence-corrected chi connectivity index (χ3v) is 5.89. The number of benzene rings is 1. The monoisotopic (exact) mass is 378 g/mol. The molecule has 150 valence electrons. The summed E-state index contributed by atoms with van der Waals surface area (Å²) < 4.78 is 8.01. The van der Waals surface area contributed by atoms with Crippen LogP contribution in [0.3, 0.4) is 0 Å². The molecule has 4 bridgehead atoms. The lowest BCUT2D eigenvalue weighted by molar-refractivity contribution is 0.261. The highest BCUT2D eigenvalue weighted by atomic mass is 16.5. The average molecular weight is 379 g/mol. The van der Waals surface area contributed by atoms with Gasteiger partial charge in [0.15, 0.2) is 0 Å². The molecule has 0 aliphatic carbocycles. The highest BCUT2D eigenvalue weighted by Crippen LogP contribution is 2.28. The van der Waals surface area contributed by atoms with Gasteiger partial charge in [-0.1, -0.05) is 51.0 Å². The highest BCUT2D eigenvalue weighted by Gasteiger charge is 2.13. The van der Waals surface area contributed by atoms with Crippen LogP contribution in [0.1, 0.15) is 58.1 Å². The van der Waals surface area contributed by atoms with Gasteiger partial charge in [0, 0.05) is 17.5 Å². The summed E-state index contributed by atoms with van der Waals surface area (Å²) in [7, 11) is 0. The van der Waals surface area contributed by atoms with Crippen LogP contribution in [0.15, 0.2) is 48.7 Å². The van der Waals surface area contributed by atoms with Crippen molar-refractivity contribution in [3.05, 3.63) is 54.4 Å². The van der Waals surface area contributed by atoms with Gasteiger partial charge in [0.2, 0.25) is 0 Å². The van der Waals surface area contributed by atoms with Crippen LogP contribution >= 0.6 is 0 Å². The molecule has 0 saturated heterocycles. The quantitative estimate of drug-likeness (QED) is 0.540. The minimum absolute atomic E-state index is 0.729. The van der Waals surface area contributed by atoms with Gasteiger partial charge in [0.25, 0.3) is 0 Å². The summed E-state index contributed by atoms with van der Waals surface area (Å²) in [6.07, 6.45) is 13.2. The van der Waals surface area contributed by atoms with Crippen LogP contribution in [0.4, 0.5) is 0 Å². The van der Waals surface area contributed by atoms with Gasteiger partial charge in [-0.05, 0) is 68.2 Å². The molecule has 1 unspecified atom stereocenters. The number of aromatic nitrogens is 2. The van der Waals surface area contributed by atoms with Gasteiger partial charge in [-0.15, -0.1) is 0 Å². The summed E-state index contributed by atoms with van der Waals surface area (Å²) in [6, 6.07) is 8.36. The lowest BCUT2D eigenvalue weighted by Gasteiger charge is -2.21. The third-order valence-electron chi connectivity index (χ3n) is 5.89. The standard InChI is InChI=1S/C25H34N2O/c1-19(2)22-10-6-5-9-20(3)14-15-27-21(4)25(18-26-27)23-11-7-13-24(17-23)28-16-8-12-22/h7,11,13-15,17-19,22H,3,5-6,8-10,12,16H2,1-2,4H3/b15-14-. The molecule has 0 fully saturated rings. The molecule has 0 amide bonds. The minimum Gasteiger partial charge on any atom is -0.494 e. The maximum Gasteiger partial charge on any atom is 0.119 e. The number of fused-ring (bicyclic) bond motifs is 5. The molecule has 28 heavy (non-hydrogen) atoms. The molecule has 0 radical (unpaired) electrons. The molecule has 2 heterocycles. The lowest BCUT2D eigenvalue weighted by atomic mass is 9.86. The number of hydrogen-bond acceptors (Lipinski definition) is 2. The first-order valence-corrected chi connectivity index (χ1v) is 10.7. The van der Waals surface area contributed by atoms with Gasteiger partial charge >= 0.3 is 0 Å². The molecule has 0 spiro atoms. The van der Waals surface area contributed by atoms with Crippen molar-refractivity contribution < 1.29 is 4.74 Å². The molecular weight excluding hydrogens is 344 g/mol. The molecule has 0 saturated carbocycles. The number of nitrogens with zero attached hydrogens (tertiary/aromatic N) is 2. The molecule has 1 aromatic carbocycles. The minimum atomic E-state index is 0.729. The normalized spacial score (nSPS) is 20.3. The molecule has 2 aromatic rings. The Bertz CT molecular complexity index is 816. The van der Waals surface area contributed by atoms with Crippen LogP contribution in [-0.2, 0) is 0 Å². The molecule has 1 aliphatic heterocycles. The van der Waals surface area contributed by atoms with E-state index in [9.17, 15) is 0 Å². The second-order valence-corrected chi connectivity index (χ2v) is 8.33. The largest absolute Gasteiger partial charge is 0.494 e. The molecule has 3 nitrogen and oxygen atoms in total.